The van der Waals surface area contributed by atoms with Gasteiger partial charge in [-0.2, -0.15) is 0 Å². The predicted octanol–water partition coefficient (Wildman–Crippen LogP) is 0.544. The van der Waals surface area contributed by atoms with E-state index in [1.54, 1.807) is 0 Å². The van der Waals surface area contributed by atoms with Gasteiger partial charge in [0, 0.05) is 18.7 Å². The largest absolute Gasteiger partial charge is 0.378 e. The Morgan fingerprint density at radius 1 is 1.42 bits per heavy atom. The van der Waals surface area contributed by atoms with Crippen molar-refractivity contribution in [2.75, 3.05) is 26.4 Å². The van der Waals surface area contributed by atoms with E-state index in [1.807, 2.05) is 0 Å². The molecule has 3 heteroatoms. The number of ether oxygens (including phenoxy) is 2. The monoisotopic (exact) mass is 171 g/mol. The number of morpholine rings is 1. The van der Waals surface area contributed by atoms with Crippen molar-refractivity contribution in [3.05, 3.63) is 0 Å². The van der Waals surface area contributed by atoms with Crippen molar-refractivity contribution < 1.29 is 9.47 Å². The molecule has 2 fully saturated rings. The number of hydrogen-bond donors (Lipinski definition) is 1. The zero-order chi connectivity index (χ0) is 8.44. The first-order valence-electron chi connectivity index (χ1n) is 4.75. The van der Waals surface area contributed by atoms with Gasteiger partial charge in [0.25, 0.3) is 0 Å². The lowest BCUT2D eigenvalue weighted by molar-refractivity contribution is -0.0678. The molecule has 0 radical (unpaired) electrons. The van der Waals surface area contributed by atoms with Gasteiger partial charge in [-0.15, -0.1) is 0 Å². The Hall–Kier alpha value is -0.120. The summed E-state index contributed by atoms with van der Waals surface area (Å²) in [6, 6.07) is 0. The minimum atomic E-state index is 0.232. The summed E-state index contributed by atoms with van der Waals surface area (Å²) in [5.41, 5.74) is 0.232. The van der Waals surface area contributed by atoms with Gasteiger partial charge >= 0.3 is 0 Å². The number of rotatable bonds is 0. The van der Waals surface area contributed by atoms with E-state index in [4.69, 9.17) is 9.47 Å². The average molecular weight is 171 g/mol. The van der Waals surface area contributed by atoms with E-state index in [9.17, 15) is 0 Å². The summed E-state index contributed by atoms with van der Waals surface area (Å²) in [4.78, 5) is 0. The third-order valence-electron chi connectivity index (χ3n) is 2.79. The van der Waals surface area contributed by atoms with Gasteiger partial charge in [0.1, 0.15) is 0 Å². The van der Waals surface area contributed by atoms with E-state index >= 15 is 0 Å². The molecule has 2 saturated heterocycles. The van der Waals surface area contributed by atoms with E-state index < -0.39 is 0 Å². The third-order valence-corrected chi connectivity index (χ3v) is 2.79. The molecule has 2 aliphatic heterocycles. The van der Waals surface area contributed by atoms with Crippen LogP contribution in [0, 0.1) is 0 Å². The molecule has 2 atom stereocenters. The molecule has 0 aromatic heterocycles. The van der Waals surface area contributed by atoms with Gasteiger partial charge in [0.2, 0.25) is 0 Å². The molecule has 0 aromatic carbocycles. The lowest BCUT2D eigenvalue weighted by Gasteiger charge is -2.43. The van der Waals surface area contributed by atoms with Gasteiger partial charge in [-0.3, -0.25) is 0 Å². The molecule has 0 saturated carbocycles. The Morgan fingerprint density at radius 3 is 3.00 bits per heavy atom. The summed E-state index contributed by atoms with van der Waals surface area (Å²) in [5, 5.41) is 3.56. The second kappa shape index (κ2) is 3.32. The normalized spacial score (nSPS) is 43.2. The van der Waals surface area contributed by atoms with Gasteiger partial charge in [-0.25, -0.2) is 0 Å². The van der Waals surface area contributed by atoms with E-state index in [0.29, 0.717) is 6.10 Å². The van der Waals surface area contributed by atoms with E-state index in [1.165, 1.54) is 0 Å². The first-order chi connectivity index (χ1) is 5.81. The molecule has 3 nitrogen and oxygen atoms in total. The molecule has 0 amide bonds. The van der Waals surface area contributed by atoms with Crippen LogP contribution in [0.5, 0.6) is 0 Å². The first kappa shape index (κ1) is 8.48. The quantitative estimate of drug-likeness (QED) is 0.577. The SMILES string of the molecule is CC1CC2(CCO1)COCCN2. The fourth-order valence-corrected chi connectivity index (χ4v) is 2.17. The standard InChI is InChI=1S/C9H17NO2/c1-8-6-9(2-4-12-8)7-11-5-3-10-9/h8,10H,2-7H2,1H3. The van der Waals surface area contributed by atoms with Gasteiger partial charge in [-0.1, -0.05) is 0 Å². The lowest BCUT2D eigenvalue weighted by atomic mass is 9.87. The molecule has 0 bridgehead atoms. The fourth-order valence-electron chi connectivity index (χ4n) is 2.17. The molecule has 0 aliphatic carbocycles. The summed E-state index contributed by atoms with van der Waals surface area (Å²) in [6.45, 7) is 5.72. The molecular formula is C9H17NO2. The highest BCUT2D eigenvalue weighted by Gasteiger charge is 2.36. The van der Waals surface area contributed by atoms with Crippen molar-refractivity contribution in [1.29, 1.82) is 0 Å². The smallest absolute Gasteiger partial charge is 0.0650 e. The summed E-state index contributed by atoms with van der Waals surface area (Å²) in [7, 11) is 0. The maximum Gasteiger partial charge on any atom is 0.0650 e. The summed E-state index contributed by atoms with van der Waals surface area (Å²) >= 11 is 0. The molecule has 0 aromatic rings. The minimum Gasteiger partial charge on any atom is -0.378 e. The molecule has 2 heterocycles. The average Bonchev–Trinajstić information content (AvgIpc) is 2.05. The molecule has 2 rings (SSSR count). The van der Waals surface area contributed by atoms with E-state index in [-0.39, 0.29) is 5.54 Å². The van der Waals surface area contributed by atoms with Crippen molar-refractivity contribution in [2.24, 2.45) is 0 Å². The second-order valence-electron chi connectivity index (χ2n) is 3.90. The maximum absolute atomic E-state index is 5.51. The van der Waals surface area contributed by atoms with Crippen LogP contribution in [0.15, 0.2) is 0 Å². The Morgan fingerprint density at radius 2 is 2.33 bits per heavy atom. The van der Waals surface area contributed by atoms with Crippen LogP contribution in [0.25, 0.3) is 0 Å². The molecule has 2 aliphatic rings. The molecule has 12 heavy (non-hydrogen) atoms. The predicted molar refractivity (Wildman–Crippen MR) is 46.2 cm³/mol. The van der Waals surface area contributed by atoms with Gasteiger partial charge in [0.05, 0.1) is 19.3 Å². The summed E-state index contributed by atoms with van der Waals surface area (Å²) in [6.07, 6.45) is 2.57. The van der Waals surface area contributed by atoms with Crippen LogP contribution in [-0.2, 0) is 9.47 Å². The topological polar surface area (TPSA) is 30.5 Å². The van der Waals surface area contributed by atoms with Crippen molar-refractivity contribution in [1.82, 2.24) is 5.32 Å². The highest BCUT2D eigenvalue weighted by molar-refractivity contribution is 4.94. The summed E-state index contributed by atoms with van der Waals surface area (Å²) in [5.74, 6) is 0. The minimum absolute atomic E-state index is 0.232. The Labute approximate surface area is 73.4 Å². The van der Waals surface area contributed by atoms with Gasteiger partial charge < -0.3 is 14.8 Å². The second-order valence-corrected chi connectivity index (χ2v) is 3.90. The van der Waals surface area contributed by atoms with Crippen molar-refractivity contribution in [3.63, 3.8) is 0 Å². The van der Waals surface area contributed by atoms with Crippen LogP contribution in [-0.4, -0.2) is 38.0 Å². The molecule has 70 valence electrons. The van der Waals surface area contributed by atoms with Crippen LogP contribution in [0.2, 0.25) is 0 Å². The van der Waals surface area contributed by atoms with Gasteiger partial charge in [0.15, 0.2) is 0 Å². The summed E-state index contributed by atoms with van der Waals surface area (Å²) < 4.78 is 11.0. The Kier molecular flexibility index (Phi) is 2.35. The maximum atomic E-state index is 5.51. The first-order valence-corrected chi connectivity index (χ1v) is 4.75. The van der Waals surface area contributed by atoms with Crippen LogP contribution >= 0.6 is 0 Å². The Bertz CT molecular complexity index is 149. The molecule has 1 N–H and O–H groups in total. The van der Waals surface area contributed by atoms with Gasteiger partial charge in [-0.05, 0) is 19.8 Å². The number of nitrogens with one attached hydrogen (secondary N) is 1. The van der Waals surface area contributed by atoms with Crippen molar-refractivity contribution in [2.45, 2.75) is 31.4 Å². The molecule has 1 spiro atoms. The van der Waals surface area contributed by atoms with E-state index in [0.717, 1.165) is 39.2 Å². The number of hydrogen-bond acceptors (Lipinski definition) is 3. The molecule has 2 unspecified atom stereocenters. The lowest BCUT2D eigenvalue weighted by Crippen LogP contribution is -2.58. The Balaban J connectivity index is 1.97. The van der Waals surface area contributed by atoms with Crippen LogP contribution in [0.3, 0.4) is 0 Å². The van der Waals surface area contributed by atoms with Crippen LogP contribution in [0.4, 0.5) is 0 Å². The third kappa shape index (κ3) is 1.63. The zero-order valence-electron chi connectivity index (χ0n) is 7.64. The van der Waals surface area contributed by atoms with Crippen LogP contribution in [0.1, 0.15) is 19.8 Å². The fraction of sp³-hybridized carbons (Fsp3) is 1.00. The van der Waals surface area contributed by atoms with Crippen molar-refractivity contribution in [3.8, 4) is 0 Å². The highest BCUT2D eigenvalue weighted by atomic mass is 16.5. The highest BCUT2D eigenvalue weighted by Crippen LogP contribution is 2.26. The van der Waals surface area contributed by atoms with Crippen LogP contribution < -0.4 is 5.32 Å². The van der Waals surface area contributed by atoms with E-state index in [2.05, 4.69) is 12.2 Å². The zero-order valence-corrected chi connectivity index (χ0v) is 7.64. The van der Waals surface area contributed by atoms with Crippen molar-refractivity contribution >= 4 is 0 Å². The molecular weight excluding hydrogens is 154 g/mol.